The molecule has 4 nitrogen and oxygen atoms in total. The summed E-state index contributed by atoms with van der Waals surface area (Å²) in [4.78, 5) is 11.7. The first kappa shape index (κ1) is 18.2. The number of carbonyl (C=O) groups excluding carboxylic acids is 1. The molecule has 3 N–H and O–H groups in total. The molecule has 0 heterocycles. The second kappa shape index (κ2) is 9.18. The zero-order chi connectivity index (χ0) is 13.5. The monoisotopic (exact) mass is 350 g/mol. The lowest BCUT2D eigenvalue weighted by Crippen LogP contribution is -2.37. The lowest BCUT2D eigenvalue weighted by Gasteiger charge is -2.15. The highest BCUT2D eigenvalue weighted by atomic mass is 79.9. The maximum atomic E-state index is 11.7. The fourth-order valence-corrected chi connectivity index (χ4v) is 1.99. The highest BCUT2D eigenvalue weighted by molar-refractivity contribution is 9.10. The van der Waals surface area contributed by atoms with Crippen LogP contribution in [0.15, 0.2) is 22.7 Å². The van der Waals surface area contributed by atoms with Crippen LogP contribution in [0, 0.1) is 6.92 Å². The van der Waals surface area contributed by atoms with E-state index in [2.05, 4.69) is 21.2 Å². The highest BCUT2D eigenvalue weighted by Crippen LogP contribution is 2.26. The number of hydrogen-bond acceptors (Lipinski definition) is 3. The number of amides is 1. The van der Waals surface area contributed by atoms with E-state index in [1.807, 2.05) is 25.1 Å². The van der Waals surface area contributed by atoms with Crippen molar-refractivity contribution in [1.82, 2.24) is 5.32 Å². The average molecular weight is 352 g/mol. The van der Waals surface area contributed by atoms with E-state index >= 15 is 0 Å². The quantitative estimate of drug-likeness (QED) is 0.774. The molecule has 0 aliphatic rings. The van der Waals surface area contributed by atoms with Gasteiger partial charge in [0, 0.05) is 6.54 Å². The number of carbonyl (C=O) groups is 1. The van der Waals surface area contributed by atoms with Crippen LogP contribution < -0.4 is 15.8 Å². The zero-order valence-electron chi connectivity index (χ0n) is 11.1. The van der Waals surface area contributed by atoms with Crippen LogP contribution in [0.1, 0.15) is 18.9 Å². The maximum absolute atomic E-state index is 11.7. The van der Waals surface area contributed by atoms with Gasteiger partial charge in [0.15, 0.2) is 6.10 Å². The lowest BCUT2D eigenvalue weighted by atomic mass is 10.2. The number of aryl methyl sites for hydroxylation is 1. The summed E-state index contributed by atoms with van der Waals surface area (Å²) in [5, 5.41) is 2.78. The summed E-state index contributed by atoms with van der Waals surface area (Å²) in [5.74, 6) is 0.540. The normalized spacial score (nSPS) is 11.4. The average Bonchev–Trinajstić information content (AvgIpc) is 2.32. The van der Waals surface area contributed by atoms with Gasteiger partial charge in [0.05, 0.1) is 4.47 Å². The number of nitrogens with one attached hydrogen (secondary N) is 1. The Morgan fingerprint density at radius 2 is 2.21 bits per heavy atom. The molecule has 0 saturated heterocycles. The minimum Gasteiger partial charge on any atom is -0.480 e. The summed E-state index contributed by atoms with van der Waals surface area (Å²) < 4.78 is 6.45. The Morgan fingerprint density at radius 3 is 2.79 bits per heavy atom. The van der Waals surface area contributed by atoms with Crippen LogP contribution in [0.4, 0.5) is 0 Å². The number of ether oxygens (including phenoxy) is 1. The van der Waals surface area contributed by atoms with E-state index in [1.165, 1.54) is 0 Å². The van der Waals surface area contributed by atoms with Gasteiger partial charge in [-0.3, -0.25) is 4.79 Å². The van der Waals surface area contributed by atoms with Gasteiger partial charge in [-0.15, -0.1) is 12.4 Å². The second-order valence-corrected chi connectivity index (χ2v) is 4.98. The number of nitrogens with two attached hydrogens (primary N) is 1. The molecule has 0 aliphatic heterocycles. The fourth-order valence-electron chi connectivity index (χ4n) is 1.40. The Morgan fingerprint density at radius 1 is 1.53 bits per heavy atom. The van der Waals surface area contributed by atoms with Crippen molar-refractivity contribution >= 4 is 34.2 Å². The topological polar surface area (TPSA) is 64.3 Å². The van der Waals surface area contributed by atoms with Gasteiger partial charge in [0.1, 0.15) is 5.75 Å². The first-order valence-corrected chi connectivity index (χ1v) is 6.74. The van der Waals surface area contributed by atoms with Crippen molar-refractivity contribution in [2.45, 2.75) is 26.4 Å². The van der Waals surface area contributed by atoms with Crippen molar-refractivity contribution in [3.05, 3.63) is 28.2 Å². The molecule has 19 heavy (non-hydrogen) atoms. The molecule has 1 aromatic carbocycles. The van der Waals surface area contributed by atoms with Crippen LogP contribution in [0.3, 0.4) is 0 Å². The third-order valence-electron chi connectivity index (χ3n) is 2.44. The van der Waals surface area contributed by atoms with Crippen molar-refractivity contribution < 1.29 is 9.53 Å². The van der Waals surface area contributed by atoms with E-state index < -0.39 is 6.10 Å². The predicted molar refractivity (Wildman–Crippen MR) is 82.9 cm³/mol. The van der Waals surface area contributed by atoms with E-state index in [4.69, 9.17) is 10.5 Å². The minimum atomic E-state index is -0.526. The lowest BCUT2D eigenvalue weighted by molar-refractivity contribution is -0.127. The molecule has 6 heteroatoms. The van der Waals surface area contributed by atoms with Gasteiger partial charge in [0.25, 0.3) is 5.91 Å². The molecule has 0 aromatic heterocycles. The number of benzene rings is 1. The number of rotatable bonds is 6. The third kappa shape index (κ3) is 6.27. The molecule has 0 fully saturated rings. The summed E-state index contributed by atoms with van der Waals surface area (Å²) in [6.07, 6.45) is 0.244. The van der Waals surface area contributed by atoms with Gasteiger partial charge < -0.3 is 15.8 Å². The summed E-state index contributed by atoms with van der Waals surface area (Å²) in [6, 6.07) is 5.75. The van der Waals surface area contributed by atoms with Gasteiger partial charge in [-0.1, -0.05) is 6.07 Å². The maximum Gasteiger partial charge on any atom is 0.260 e. The van der Waals surface area contributed by atoms with Crippen molar-refractivity contribution in [2.24, 2.45) is 5.73 Å². The van der Waals surface area contributed by atoms with Gasteiger partial charge in [-0.25, -0.2) is 0 Å². The summed E-state index contributed by atoms with van der Waals surface area (Å²) >= 11 is 3.42. The Balaban J connectivity index is 0.00000324. The van der Waals surface area contributed by atoms with E-state index in [1.54, 1.807) is 6.92 Å². The van der Waals surface area contributed by atoms with E-state index in [0.717, 1.165) is 16.5 Å². The van der Waals surface area contributed by atoms with E-state index in [9.17, 15) is 4.79 Å². The molecule has 1 amide bonds. The molecule has 1 aromatic rings. The van der Waals surface area contributed by atoms with Crippen molar-refractivity contribution in [3.63, 3.8) is 0 Å². The molecule has 0 aliphatic carbocycles. The Bertz CT molecular complexity index is 416. The zero-order valence-corrected chi connectivity index (χ0v) is 13.5. The van der Waals surface area contributed by atoms with Gasteiger partial charge in [-0.2, -0.15) is 0 Å². The van der Waals surface area contributed by atoms with E-state index in [-0.39, 0.29) is 18.3 Å². The number of hydrogen-bond donors (Lipinski definition) is 2. The van der Waals surface area contributed by atoms with Crippen molar-refractivity contribution in [2.75, 3.05) is 13.1 Å². The molecular formula is C13H20BrClN2O2. The summed E-state index contributed by atoms with van der Waals surface area (Å²) in [5.41, 5.74) is 6.49. The first-order chi connectivity index (χ1) is 8.54. The van der Waals surface area contributed by atoms with Gasteiger partial charge in [0.2, 0.25) is 0 Å². The fraction of sp³-hybridized carbons (Fsp3) is 0.462. The predicted octanol–water partition coefficient (Wildman–Crippen LogP) is 2.41. The van der Waals surface area contributed by atoms with E-state index in [0.29, 0.717) is 18.8 Å². The Hall–Kier alpha value is -0.780. The second-order valence-electron chi connectivity index (χ2n) is 4.13. The molecular weight excluding hydrogens is 332 g/mol. The van der Waals surface area contributed by atoms with Crippen LogP contribution in [0.25, 0.3) is 0 Å². The summed E-state index contributed by atoms with van der Waals surface area (Å²) in [6.45, 7) is 4.87. The highest BCUT2D eigenvalue weighted by Gasteiger charge is 2.15. The molecule has 1 atom stereocenters. The number of halogens is 2. The Labute approximate surface area is 128 Å². The smallest absolute Gasteiger partial charge is 0.260 e. The molecule has 0 spiro atoms. The van der Waals surface area contributed by atoms with Crippen LogP contribution >= 0.6 is 28.3 Å². The minimum absolute atomic E-state index is 0. The van der Waals surface area contributed by atoms with Crippen LogP contribution in [-0.4, -0.2) is 25.1 Å². The molecule has 108 valence electrons. The van der Waals surface area contributed by atoms with Crippen molar-refractivity contribution in [1.29, 1.82) is 0 Å². The first-order valence-electron chi connectivity index (χ1n) is 5.95. The van der Waals surface area contributed by atoms with Crippen LogP contribution in [0.5, 0.6) is 5.75 Å². The van der Waals surface area contributed by atoms with Crippen molar-refractivity contribution in [3.8, 4) is 5.75 Å². The molecule has 1 rings (SSSR count). The Kier molecular flexibility index (Phi) is 8.80. The molecule has 0 bridgehead atoms. The molecule has 1 unspecified atom stereocenters. The van der Waals surface area contributed by atoms with Gasteiger partial charge in [-0.05, 0) is 60.4 Å². The molecule has 0 saturated carbocycles. The van der Waals surface area contributed by atoms with Crippen LogP contribution in [0.2, 0.25) is 0 Å². The standard InChI is InChI=1S/C13H19BrN2O2.ClH/c1-9-4-5-12(11(14)8-9)18-10(2)13(17)16-7-3-6-15;/h4-5,8,10H,3,6-7,15H2,1-2H3,(H,16,17);1H. The largest absolute Gasteiger partial charge is 0.480 e. The van der Waals surface area contributed by atoms with Crippen LogP contribution in [-0.2, 0) is 4.79 Å². The molecule has 0 radical (unpaired) electrons. The SMILES string of the molecule is Cc1ccc(OC(C)C(=O)NCCCN)c(Br)c1.Cl. The third-order valence-corrected chi connectivity index (χ3v) is 3.06. The summed E-state index contributed by atoms with van der Waals surface area (Å²) in [7, 11) is 0. The van der Waals surface area contributed by atoms with Gasteiger partial charge >= 0.3 is 0 Å².